The Bertz CT molecular complexity index is 537. The van der Waals surface area contributed by atoms with E-state index in [0.29, 0.717) is 0 Å². The standard InChI is InChI=1S/C17H23N3/c1-13-8-4-5-10-16(13)17(14(2)18)20(3)12-15-9-6-7-11-19-15/h4-11,14,17H,12,18H2,1-3H3. The first-order valence-corrected chi connectivity index (χ1v) is 7.01. The van der Waals surface area contributed by atoms with Gasteiger partial charge in [-0.25, -0.2) is 0 Å². The lowest BCUT2D eigenvalue weighted by Crippen LogP contribution is -2.37. The second-order valence-corrected chi connectivity index (χ2v) is 5.40. The predicted molar refractivity (Wildman–Crippen MR) is 83.3 cm³/mol. The Kier molecular flexibility index (Phi) is 4.88. The van der Waals surface area contributed by atoms with Crippen LogP contribution in [0.2, 0.25) is 0 Å². The SMILES string of the molecule is Cc1ccccc1C(C(C)N)N(C)Cc1ccccn1. The second kappa shape index (κ2) is 6.64. The van der Waals surface area contributed by atoms with Gasteiger partial charge in [-0.1, -0.05) is 30.3 Å². The first-order chi connectivity index (χ1) is 9.59. The largest absolute Gasteiger partial charge is 0.326 e. The van der Waals surface area contributed by atoms with E-state index in [0.717, 1.165) is 12.2 Å². The van der Waals surface area contributed by atoms with Gasteiger partial charge in [0.05, 0.1) is 5.69 Å². The van der Waals surface area contributed by atoms with Gasteiger partial charge in [0.1, 0.15) is 0 Å². The maximum absolute atomic E-state index is 6.23. The van der Waals surface area contributed by atoms with Crippen LogP contribution in [-0.2, 0) is 6.54 Å². The first kappa shape index (κ1) is 14.7. The van der Waals surface area contributed by atoms with Crippen LogP contribution < -0.4 is 5.73 Å². The molecule has 0 amide bonds. The van der Waals surface area contributed by atoms with Crippen LogP contribution in [0.1, 0.15) is 29.8 Å². The molecule has 2 atom stereocenters. The highest BCUT2D eigenvalue weighted by atomic mass is 15.2. The number of aromatic nitrogens is 1. The lowest BCUT2D eigenvalue weighted by molar-refractivity contribution is 0.208. The van der Waals surface area contributed by atoms with Gasteiger partial charge < -0.3 is 5.73 Å². The fourth-order valence-corrected chi connectivity index (χ4v) is 2.69. The minimum atomic E-state index is 0.0600. The van der Waals surface area contributed by atoms with Crippen molar-refractivity contribution in [2.24, 2.45) is 5.73 Å². The highest BCUT2D eigenvalue weighted by Crippen LogP contribution is 2.26. The van der Waals surface area contributed by atoms with Gasteiger partial charge >= 0.3 is 0 Å². The molecule has 0 spiro atoms. The summed E-state index contributed by atoms with van der Waals surface area (Å²) in [7, 11) is 2.11. The van der Waals surface area contributed by atoms with Gasteiger partial charge in [-0.15, -0.1) is 0 Å². The van der Waals surface area contributed by atoms with Crippen molar-refractivity contribution in [1.82, 2.24) is 9.88 Å². The lowest BCUT2D eigenvalue weighted by Gasteiger charge is -2.32. The second-order valence-electron chi connectivity index (χ2n) is 5.40. The van der Waals surface area contributed by atoms with Gasteiger partial charge in [0.25, 0.3) is 0 Å². The summed E-state index contributed by atoms with van der Waals surface area (Å²) in [5.41, 5.74) is 9.87. The fourth-order valence-electron chi connectivity index (χ4n) is 2.69. The smallest absolute Gasteiger partial charge is 0.0544 e. The molecule has 2 N–H and O–H groups in total. The molecular weight excluding hydrogens is 246 g/mol. The summed E-state index contributed by atoms with van der Waals surface area (Å²) in [4.78, 5) is 6.67. The molecule has 0 aliphatic heterocycles. The van der Waals surface area contributed by atoms with E-state index >= 15 is 0 Å². The van der Waals surface area contributed by atoms with E-state index < -0.39 is 0 Å². The number of benzene rings is 1. The van der Waals surface area contributed by atoms with E-state index in [2.05, 4.69) is 55.0 Å². The molecule has 20 heavy (non-hydrogen) atoms. The maximum atomic E-state index is 6.23. The Morgan fingerprint density at radius 1 is 1.15 bits per heavy atom. The summed E-state index contributed by atoms with van der Waals surface area (Å²) in [6, 6.07) is 14.7. The summed E-state index contributed by atoms with van der Waals surface area (Å²) in [6.07, 6.45) is 1.83. The van der Waals surface area contributed by atoms with Crippen molar-refractivity contribution in [2.45, 2.75) is 32.5 Å². The molecule has 3 heteroatoms. The number of nitrogens with zero attached hydrogens (tertiary/aromatic N) is 2. The molecule has 2 aromatic rings. The third-order valence-corrected chi connectivity index (χ3v) is 3.62. The monoisotopic (exact) mass is 269 g/mol. The molecule has 106 valence electrons. The Balaban J connectivity index is 2.23. The molecule has 1 aromatic carbocycles. The minimum absolute atomic E-state index is 0.0600. The molecule has 0 saturated carbocycles. The summed E-state index contributed by atoms with van der Waals surface area (Å²) in [5, 5.41) is 0. The molecule has 0 fully saturated rings. The van der Waals surface area contributed by atoms with Gasteiger partial charge in [-0.2, -0.15) is 0 Å². The van der Waals surface area contributed by atoms with Crippen LogP contribution >= 0.6 is 0 Å². The van der Waals surface area contributed by atoms with E-state index in [-0.39, 0.29) is 12.1 Å². The van der Waals surface area contributed by atoms with Crippen molar-refractivity contribution in [2.75, 3.05) is 7.05 Å². The van der Waals surface area contributed by atoms with Crippen LogP contribution in [0.4, 0.5) is 0 Å². The molecule has 0 aliphatic carbocycles. The Morgan fingerprint density at radius 3 is 2.45 bits per heavy atom. The summed E-state index contributed by atoms with van der Waals surface area (Å²) >= 11 is 0. The van der Waals surface area contributed by atoms with Crippen molar-refractivity contribution in [3.8, 4) is 0 Å². The Labute approximate surface area is 121 Å². The third kappa shape index (κ3) is 3.44. The van der Waals surface area contributed by atoms with Crippen molar-refractivity contribution in [3.05, 3.63) is 65.5 Å². The first-order valence-electron chi connectivity index (χ1n) is 7.01. The van der Waals surface area contributed by atoms with Crippen LogP contribution in [0.5, 0.6) is 0 Å². The van der Waals surface area contributed by atoms with Crippen LogP contribution in [0.15, 0.2) is 48.7 Å². The zero-order valence-electron chi connectivity index (χ0n) is 12.5. The molecule has 0 aliphatic rings. The molecular formula is C17H23N3. The topological polar surface area (TPSA) is 42.1 Å². The zero-order chi connectivity index (χ0) is 14.5. The number of aryl methyl sites for hydroxylation is 1. The lowest BCUT2D eigenvalue weighted by atomic mass is 9.95. The number of likely N-dealkylation sites (N-methyl/N-ethyl adjacent to an activating group) is 1. The molecule has 2 unspecified atom stereocenters. The zero-order valence-corrected chi connectivity index (χ0v) is 12.5. The van der Waals surface area contributed by atoms with E-state index in [9.17, 15) is 0 Å². The number of rotatable bonds is 5. The van der Waals surface area contributed by atoms with Crippen molar-refractivity contribution in [3.63, 3.8) is 0 Å². The van der Waals surface area contributed by atoms with Gasteiger partial charge in [0.15, 0.2) is 0 Å². The average Bonchev–Trinajstić information content (AvgIpc) is 2.42. The van der Waals surface area contributed by atoms with Crippen molar-refractivity contribution < 1.29 is 0 Å². The number of hydrogen-bond acceptors (Lipinski definition) is 3. The minimum Gasteiger partial charge on any atom is -0.326 e. The molecule has 0 radical (unpaired) electrons. The third-order valence-electron chi connectivity index (χ3n) is 3.62. The van der Waals surface area contributed by atoms with Crippen LogP contribution in [-0.4, -0.2) is 23.0 Å². The molecule has 1 aromatic heterocycles. The Morgan fingerprint density at radius 2 is 1.85 bits per heavy atom. The van der Waals surface area contributed by atoms with E-state index in [1.54, 1.807) is 0 Å². The van der Waals surface area contributed by atoms with E-state index in [1.807, 2.05) is 24.4 Å². The predicted octanol–water partition coefficient (Wildman–Crippen LogP) is 2.91. The van der Waals surface area contributed by atoms with Crippen LogP contribution in [0.25, 0.3) is 0 Å². The summed E-state index contributed by atoms with van der Waals surface area (Å²) in [6.45, 7) is 4.99. The molecule has 0 bridgehead atoms. The van der Waals surface area contributed by atoms with E-state index in [4.69, 9.17) is 5.73 Å². The highest BCUT2D eigenvalue weighted by Gasteiger charge is 2.22. The summed E-state index contributed by atoms with van der Waals surface area (Å²) < 4.78 is 0. The van der Waals surface area contributed by atoms with E-state index in [1.165, 1.54) is 11.1 Å². The highest BCUT2D eigenvalue weighted by molar-refractivity contribution is 5.30. The fraction of sp³-hybridized carbons (Fsp3) is 0.353. The van der Waals surface area contributed by atoms with Gasteiger partial charge in [0, 0.05) is 24.8 Å². The van der Waals surface area contributed by atoms with Gasteiger partial charge in [-0.05, 0) is 44.2 Å². The molecule has 1 heterocycles. The molecule has 0 saturated heterocycles. The number of hydrogen-bond donors (Lipinski definition) is 1. The number of pyridine rings is 1. The van der Waals surface area contributed by atoms with Crippen molar-refractivity contribution >= 4 is 0 Å². The maximum Gasteiger partial charge on any atom is 0.0544 e. The summed E-state index contributed by atoms with van der Waals surface area (Å²) in [5.74, 6) is 0. The van der Waals surface area contributed by atoms with Gasteiger partial charge in [0.2, 0.25) is 0 Å². The average molecular weight is 269 g/mol. The quantitative estimate of drug-likeness (QED) is 0.907. The molecule has 3 nitrogen and oxygen atoms in total. The number of nitrogens with two attached hydrogens (primary N) is 1. The molecule has 2 rings (SSSR count). The normalized spacial score (nSPS) is 14.2. The van der Waals surface area contributed by atoms with Crippen molar-refractivity contribution in [1.29, 1.82) is 0 Å². The van der Waals surface area contributed by atoms with Crippen LogP contribution in [0, 0.1) is 6.92 Å². The van der Waals surface area contributed by atoms with Crippen LogP contribution in [0.3, 0.4) is 0 Å². The van der Waals surface area contributed by atoms with Gasteiger partial charge in [-0.3, -0.25) is 9.88 Å². The Hall–Kier alpha value is -1.71.